The molecule has 0 saturated carbocycles. The lowest BCUT2D eigenvalue weighted by atomic mass is 10.2. The predicted octanol–water partition coefficient (Wildman–Crippen LogP) is 6.68. The summed E-state index contributed by atoms with van der Waals surface area (Å²) < 4.78 is 41.5. The average molecular weight is 475 g/mol. The molecule has 7 nitrogen and oxygen atoms in total. The standard InChI is InChI=1S/C26H50O7/c1-9-13-15-19-31-25(23(29-7)21(27-5)17-11-3)33-26(32-20-16-14-10-2)24(30-8)22(28-6)18-12-4/h25-26H,9-20H2,1-8H3. The van der Waals surface area contributed by atoms with Gasteiger partial charge in [-0.2, -0.15) is 0 Å². The summed E-state index contributed by atoms with van der Waals surface area (Å²) in [5.74, 6) is 2.44. The highest BCUT2D eigenvalue weighted by Crippen LogP contribution is 2.26. The highest BCUT2D eigenvalue weighted by Gasteiger charge is 2.31. The van der Waals surface area contributed by atoms with Crippen molar-refractivity contribution in [3.8, 4) is 0 Å². The Morgan fingerprint density at radius 1 is 0.515 bits per heavy atom. The number of methoxy groups -OCH3 is 4. The summed E-state index contributed by atoms with van der Waals surface area (Å²) in [6.07, 6.45) is 7.87. The van der Waals surface area contributed by atoms with E-state index in [1.165, 1.54) is 0 Å². The van der Waals surface area contributed by atoms with Gasteiger partial charge in [0.2, 0.25) is 12.6 Å². The number of hydrogen-bond donors (Lipinski definition) is 0. The minimum atomic E-state index is -0.797. The monoisotopic (exact) mass is 474 g/mol. The molecule has 33 heavy (non-hydrogen) atoms. The van der Waals surface area contributed by atoms with Crippen LogP contribution < -0.4 is 0 Å². The first-order valence-corrected chi connectivity index (χ1v) is 12.6. The highest BCUT2D eigenvalue weighted by atomic mass is 16.8. The Hall–Kier alpha value is -1.44. The number of allylic oxidation sites excluding steroid dienone is 2. The summed E-state index contributed by atoms with van der Waals surface area (Å²) in [6.45, 7) is 9.57. The van der Waals surface area contributed by atoms with Crippen LogP contribution >= 0.6 is 0 Å². The van der Waals surface area contributed by atoms with Gasteiger partial charge in [-0.1, -0.05) is 53.4 Å². The van der Waals surface area contributed by atoms with Gasteiger partial charge in [-0.3, -0.25) is 0 Å². The molecule has 0 aromatic heterocycles. The lowest BCUT2D eigenvalue weighted by Gasteiger charge is -2.29. The molecule has 0 saturated heterocycles. The van der Waals surface area contributed by atoms with E-state index in [0.29, 0.717) is 49.1 Å². The summed E-state index contributed by atoms with van der Waals surface area (Å²) in [4.78, 5) is 0. The van der Waals surface area contributed by atoms with Crippen LogP contribution in [0.4, 0.5) is 0 Å². The highest BCUT2D eigenvalue weighted by molar-refractivity contribution is 5.08. The van der Waals surface area contributed by atoms with E-state index in [2.05, 4.69) is 27.7 Å². The molecule has 196 valence electrons. The lowest BCUT2D eigenvalue weighted by molar-refractivity contribution is -0.240. The van der Waals surface area contributed by atoms with Gasteiger partial charge >= 0.3 is 0 Å². The molecule has 0 aliphatic rings. The second kappa shape index (κ2) is 21.1. The van der Waals surface area contributed by atoms with Crippen molar-refractivity contribution in [2.75, 3.05) is 41.7 Å². The first kappa shape index (κ1) is 31.6. The molecule has 2 unspecified atom stereocenters. The van der Waals surface area contributed by atoms with E-state index in [1.54, 1.807) is 28.4 Å². The van der Waals surface area contributed by atoms with Gasteiger partial charge in [-0.05, 0) is 25.7 Å². The number of unbranched alkanes of at least 4 members (excludes halogenated alkanes) is 4. The third kappa shape index (κ3) is 12.6. The van der Waals surface area contributed by atoms with E-state index in [4.69, 9.17) is 33.2 Å². The fourth-order valence-corrected chi connectivity index (χ4v) is 3.34. The molecular weight excluding hydrogens is 424 g/mol. The Labute approximate surface area is 202 Å². The first-order valence-electron chi connectivity index (χ1n) is 12.6. The van der Waals surface area contributed by atoms with Crippen LogP contribution in [0.15, 0.2) is 23.0 Å². The zero-order valence-corrected chi connectivity index (χ0v) is 22.5. The van der Waals surface area contributed by atoms with Crippen LogP contribution in [-0.2, 0) is 33.2 Å². The molecule has 0 rings (SSSR count). The van der Waals surface area contributed by atoms with Gasteiger partial charge in [0.15, 0.2) is 11.5 Å². The maximum atomic E-state index is 6.41. The minimum absolute atomic E-state index is 0.517. The van der Waals surface area contributed by atoms with Gasteiger partial charge < -0.3 is 33.2 Å². The minimum Gasteiger partial charge on any atom is -0.497 e. The Morgan fingerprint density at radius 2 is 0.909 bits per heavy atom. The molecule has 0 aromatic carbocycles. The summed E-state index contributed by atoms with van der Waals surface area (Å²) in [6, 6.07) is 0. The molecule has 0 spiro atoms. The van der Waals surface area contributed by atoms with Crippen LogP contribution in [-0.4, -0.2) is 54.2 Å². The molecule has 0 bridgehead atoms. The molecule has 0 N–H and O–H groups in total. The Morgan fingerprint density at radius 3 is 1.18 bits per heavy atom. The van der Waals surface area contributed by atoms with Crippen LogP contribution in [0, 0.1) is 0 Å². The molecule has 0 amide bonds. The van der Waals surface area contributed by atoms with Crippen molar-refractivity contribution >= 4 is 0 Å². The molecule has 0 heterocycles. The average Bonchev–Trinajstić information content (AvgIpc) is 2.83. The van der Waals surface area contributed by atoms with Gasteiger partial charge in [0.25, 0.3) is 0 Å². The van der Waals surface area contributed by atoms with E-state index in [0.717, 1.165) is 51.4 Å². The van der Waals surface area contributed by atoms with Crippen molar-refractivity contribution in [3.63, 3.8) is 0 Å². The molecule has 2 atom stereocenters. The lowest BCUT2D eigenvalue weighted by Crippen LogP contribution is -2.33. The summed E-state index contributed by atoms with van der Waals surface area (Å²) in [5, 5.41) is 0. The smallest absolute Gasteiger partial charge is 0.223 e. The van der Waals surface area contributed by atoms with Crippen LogP contribution in [0.2, 0.25) is 0 Å². The Bertz CT molecular complexity index is 485. The zero-order chi connectivity index (χ0) is 24.9. The van der Waals surface area contributed by atoms with E-state index in [-0.39, 0.29) is 0 Å². The molecule has 0 aromatic rings. The van der Waals surface area contributed by atoms with Gasteiger partial charge in [0, 0.05) is 12.8 Å². The van der Waals surface area contributed by atoms with Crippen LogP contribution in [0.5, 0.6) is 0 Å². The number of ether oxygens (including phenoxy) is 7. The first-order chi connectivity index (χ1) is 16.1. The maximum absolute atomic E-state index is 6.41. The van der Waals surface area contributed by atoms with Gasteiger partial charge in [-0.15, -0.1) is 0 Å². The van der Waals surface area contributed by atoms with Crippen LogP contribution in [0.1, 0.15) is 91.9 Å². The summed E-state index contributed by atoms with van der Waals surface area (Å²) in [5.41, 5.74) is 0. The van der Waals surface area contributed by atoms with Gasteiger partial charge in [0.05, 0.1) is 41.7 Å². The molecular formula is C26H50O7. The second-order valence-corrected chi connectivity index (χ2v) is 7.85. The molecule has 0 radical (unpaired) electrons. The largest absolute Gasteiger partial charge is 0.497 e. The third-order valence-electron chi connectivity index (χ3n) is 5.15. The fraction of sp³-hybridized carbons (Fsp3) is 0.846. The van der Waals surface area contributed by atoms with E-state index in [1.807, 2.05) is 0 Å². The quantitative estimate of drug-likeness (QED) is 0.0985. The number of hydrogen-bond acceptors (Lipinski definition) is 7. The molecule has 7 heteroatoms. The normalized spacial score (nSPS) is 14.8. The van der Waals surface area contributed by atoms with Crippen molar-refractivity contribution in [1.82, 2.24) is 0 Å². The summed E-state index contributed by atoms with van der Waals surface area (Å²) >= 11 is 0. The van der Waals surface area contributed by atoms with E-state index < -0.39 is 12.6 Å². The summed E-state index contributed by atoms with van der Waals surface area (Å²) in [7, 11) is 6.50. The molecule has 0 fully saturated rings. The van der Waals surface area contributed by atoms with Crippen LogP contribution in [0.25, 0.3) is 0 Å². The third-order valence-corrected chi connectivity index (χ3v) is 5.15. The molecule has 0 aliphatic heterocycles. The fourth-order valence-electron chi connectivity index (χ4n) is 3.34. The Kier molecular flexibility index (Phi) is 20.2. The topological polar surface area (TPSA) is 64.6 Å². The second-order valence-electron chi connectivity index (χ2n) is 7.85. The van der Waals surface area contributed by atoms with Crippen molar-refractivity contribution in [1.29, 1.82) is 0 Å². The van der Waals surface area contributed by atoms with Crippen molar-refractivity contribution in [2.24, 2.45) is 0 Å². The van der Waals surface area contributed by atoms with Gasteiger partial charge in [0.1, 0.15) is 11.5 Å². The maximum Gasteiger partial charge on any atom is 0.223 e. The zero-order valence-electron chi connectivity index (χ0n) is 22.5. The van der Waals surface area contributed by atoms with Gasteiger partial charge in [-0.25, -0.2) is 0 Å². The SMILES string of the molecule is CCCCCOC(OC(OCCCCC)C(OC)=C(CCC)OC)C(OC)=C(CCC)OC. The van der Waals surface area contributed by atoms with Crippen molar-refractivity contribution in [2.45, 2.75) is 104 Å². The van der Waals surface area contributed by atoms with E-state index >= 15 is 0 Å². The predicted molar refractivity (Wildman–Crippen MR) is 132 cm³/mol. The number of rotatable bonds is 22. The van der Waals surface area contributed by atoms with Crippen molar-refractivity contribution < 1.29 is 33.2 Å². The van der Waals surface area contributed by atoms with Crippen LogP contribution in [0.3, 0.4) is 0 Å². The van der Waals surface area contributed by atoms with E-state index in [9.17, 15) is 0 Å². The molecule has 0 aliphatic carbocycles. The Balaban J connectivity index is 6.07. The van der Waals surface area contributed by atoms with Crippen molar-refractivity contribution in [3.05, 3.63) is 23.0 Å².